The van der Waals surface area contributed by atoms with Gasteiger partial charge in [0.05, 0.1) is 0 Å². The lowest BCUT2D eigenvalue weighted by atomic mass is 10.2. The highest BCUT2D eigenvalue weighted by molar-refractivity contribution is 5.62. The van der Waals surface area contributed by atoms with Gasteiger partial charge in [0.1, 0.15) is 0 Å². The van der Waals surface area contributed by atoms with E-state index < -0.39 is 0 Å². The molecule has 0 spiro atoms. The number of anilines is 2. The summed E-state index contributed by atoms with van der Waals surface area (Å²) < 4.78 is 0. The van der Waals surface area contributed by atoms with Gasteiger partial charge in [0.25, 0.3) is 0 Å². The van der Waals surface area contributed by atoms with E-state index in [0.717, 1.165) is 11.4 Å². The number of benzene rings is 2. The summed E-state index contributed by atoms with van der Waals surface area (Å²) >= 11 is 0. The van der Waals surface area contributed by atoms with E-state index in [2.05, 4.69) is 42.2 Å². The van der Waals surface area contributed by atoms with Crippen LogP contribution in [0.5, 0.6) is 0 Å². The highest BCUT2D eigenvalue weighted by atomic mass is 14.9. The Bertz CT molecular complexity index is 562. The van der Waals surface area contributed by atoms with Crippen molar-refractivity contribution < 1.29 is 0 Å². The zero-order valence-corrected chi connectivity index (χ0v) is 10.8. The molecule has 2 aromatic carbocycles. The van der Waals surface area contributed by atoms with Crippen LogP contribution in [0.15, 0.2) is 85.5 Å². The minimum atomic E-state index is 1.09. The third-order valence-corrected chi connectivity index (χ3v) is 2.62. The van der Waals surface area contributed by atoms with Crippen LogP contribution in [0.1, 0.15) is 5.56 Å². The third-order valence-electron chi connectivity index (χ3n) is 2.62. The van der Waals surface area contributed by atoms with Crippen molar-refractivity contribution in [3.63, 3.8) is 0 Å². The third kappa shape index (κ3) is 4.32. The Hall–Kier alpha value is -2.54. The lowest BCUT2D eigenvalue weighted by Crippen LogP contribution is -1.88. The van der Waals surface area contributed by atoms with Gasteiger partial charge in [-0.3, -0.25) is 0 Å². The molecule has 94 valence electrons. The first kappa shape index (κ1) is 12.9. The summed E-state index contributed by atoms with van der Waals surface area (Å²) in [7, 11) is 0. The van der Waals surface area contributed by atoms with Crippen LogP contribution in [0.3, 0.4) is 0 Å². The quantitative estimate of drug-likeness (QED) is 0.717. The lowest BCUT2D eigenvalue weighted by molar-refractivity contribution is 1.54. The molecule has 19 heavy (non-hydrogen) atoms. The predicted octanol–water partition coefficient (Wildman–Crippen LogP) is 5.19. The number of allylic oxidation sites excluding steroid dienone is 4. The molecule has 1 heteroatoms. The normalized spacial score (nSPS) is 10.9. The summed E-state index contributed by atoms with van der Waals surface area (Å²) in [5.41, 5.74) is 3.36. The fourth-order valence-corrected chi connectivity index (χ4v) is 1.68. The number of hydrogen-bond acceptors (Lipinski definition) is 1. The average molecular weight is 247 g/mol. The second-order valence-electron chi connectivity index (χ2n) is 4.09. The number of para-hydroxylation sites is 1. The van der Waals surface area contributed by atoms with Crippen LogP contribution < -0.4 is 5.32 Å². The van der Waals surface area contributed by atoms with Crippen LogP contribution in [0, 0.1) is 0 Å². The van der Waals surface area contributed by atoms with Crippen LogP contribution in [0.25, 0.3) is 6.08 Å². The van der Waals surface area contributed by atoms with E-state index in [4.69, 9.17) is 0 Å². The zero-order valence-electron chi connectivity index (χ0n) is 10.8. The van der Waals surface area contributed by atoms with Gasteiger partial charge in [-0.15, -0.1) is 0 Å². The van der Waals surface area contributed by atoms with E-state index in [1.165, 1.54) is 5.56 Å². The first-order valence-electron chi connectivity index (χ1n) is 6.26. The van der Waals surface area contributed by atoms with Crippen molar-refractivity contribution in [1.29, 1.82) is 0 Å². The summed E-state index contributed by atoms with van der Waals surface area (Å²) in [6.07, 6.45) is 9.69. The maximum atomic E-state index is 3.63. The SMILES string of the molecule is C=C/C=C\C=C\c1ccc(Nc2ccccc2)cc1. The molecule has 1 N–H and O–H groups in total. The van der Waals surface area contributed by atoms with Crippen molar-refractivity contribution in [3.05, 3.63) is 91.0 Å². The van der Waals surface area contributed by atoms with Gasteiger partial charge in [-0.05, 0) is 29.8 Å². The molecule has 0 radical (unpaired) electrons. The highest BCUT2D eigenvalue weighted by Gasteiger charge is 1.93. The Labute approximate surface area is 114 Å². The second kappa shape index (κ2) is 7.02. The van der Waals surface area contributed by atoms with E-state index in [0.29, 0.717) is 0 Å². The smallest absolute Gasteiger partial charge is 0.0384 e. The molecule has 0 unspecified atom stereocenters. The van der Waals surface area contributed by atoms with Gasteiger partial charge in [-0.2, -0.15) is 0 Å². The molecule has 0 atom stereocenters. The summed E-state index contributed by atoms with van der Waals surface area (Å²) in [6, 6.07) is 18.5. The van der Waals surface area contributed by atoms with E-state index in [9.17, 15) is 0 Å². The molecule has 0 saturated heterocycles. The topological polar surface area (TPSA) is 12.0 Å². The van der Waals surface area contributed by atoms with E-state index in [1.54, 1.807) is 6.08 Å². The molecule has 2 rings (SSSR count). The molecular formula is C18H17N. The van der Waals surface area contributed by atoms with Crippen LogP contribution in [-0.2, 0) is 0 Å². The average Bonchev–Trinajstić information content (AvgIpc) is 2.46. The van der Waals surface area contributed by atoms with Gasteiger partial charge in [0.15, 0.2) is 0 Å². The van der Waals surface area contributed by atoms with E-state index in [1.807, 2.05) is 48.6 Å². The van der Waals surface area contributed by atoms with Gasteiger partial charge in [0, 0.05) is 11.4 Å². The Kier molecular flexibility index (Phi) is 4.77. The van der Waals surface area contributed by atoms with Gasteiger partial charge in [-0.1, -0.05) is 67.3 Å². The first-order chi connectivity index (χ1) is 9.38. The molecule has 0 aromatic heterocycles. The van der Waals surface area contributed by atoms with Gasteiger partial charge in [0.2, 0.25) is 0 Å². The Morgan fingerprint density at radius 2 is 1.42 bits per heavy atom. The first-order valence-corrected chi connectivity index (χ1v) is 6.26. The molecule has 0 bridgehead atoms. The lowest BCUT2D eigenvalue weighted by Gasteiger charge is -2.06. The fourth-order valence-electron chi connectivity index (χ4n) is 1.68. The summed E-state index contributed by atoms with van der Waals surface area (Å²) in [6.45, 7) is 3.63. The molecule has 0 heterocycles. The second-order valence-corrected chi connectivity index (χ2v) is 4.09. The maximum Gasteiger partial charge on any atom is 0.0384 e. The monoisotopic (exact) mass is 247 g/mol. The summed E-state index contributed by atoms with van der Waals surface area (Å²) in [4.78, 5) is 0. The molecule has 2 aromatic rings. The highest BCUT2D eigenvalue weighted by Crippen LogP contribution is 2.17. The van der Waals surface area contributed by atoms with Crippen LogP contribution in [0.2, 0.25) is 0 Å². The van der Waals surface area contributed by atoms with Crippen LogP contribution in [0.4, 0.5) is 11.4 Å². The van der Waals surface area contributed by atoms with Gasteiger partial charge < -0.3 is 5.32 Å². The van der Waals surface area contributed by atoms with Crippen molar-refractivity contribution in [3.8, 4) is 0 Å². The van der Waals surface area contributed by atoms with Gasteiger partial charge in [-0.25, -0.2) is 0 Å². The molecule has 0 saturated carbocycles. The van der Waals surface area contributed by atoms with Crippen molar-refractivity contribution in [1.82, 2.24) is 0 Å². The minimum absolute atomic E-state index is 1.09. The molecule has 0 amide bonds. The summed E-state index contributed by atoms with van der Waals surface area (Å²) in [5.74, 6) is 0. The molecule has 1 nitrogen and oxygen atoms in total. The van der Waals surface area contributed by atoms with Crippen LogP contribution >= 0.6 is 0 Å². The maximum absolute atomic E-state index is 3.63. The van der Waals surface area contributed by atoms with Crippen molar-refractivity contribution in [2.24, 2.45) is 0 Å². The fraction of sp³-hybridized carbons (Fsp3) is 0. The predicted molar refractivity (Wildman–Crippen MR) is 84.5 cm³/mol. The van der Waals surface area contributed by atoms with E-state index in [-0.39, 0.29) is 0 Å². The standard InChI is InChI=1S/C18H17N/c1-2-3-4-6-9-16-12-14-18(15-13-16)19-17-10-7-5-8-11-17/h2-15,19H,1H2/b4-3-,9-6+. The molecule has 0 aliphatic carbocycles. The van der Waals surface area contributed by atoms with Crippen molar-refractivity contribution in [2.75, 3.05) is 5.32 Å². The van der Waals surface area contributed by atoms with Crippen molar-refractivity contribution in [2.45, 2.75) is 0 Å². The number of hydrogen-bond donors (Lipinski definition) is 1. The molecule has 0 fully saturated rings. The molecular weight excluding hydrogens is 230 g/mol. The zero-order chi connectivity index (χ0) is 13.3. The Morgan fingerprint density at radius 1 is 0.737 bits per heavy atom. The Balaban J connectivity index is 2.00. The largest absolute Gasteiger partial charge is 0.356 e. The number of rotatable bonds is 5. The summed E-state index contributed by atoms with van der Waals surface area (Å²) in [5, 5.41) is 3.36. The van der Waals surface area contributed by atoms with Crippen LogP contribution in [-0.4, -0.2) is 0 Å². The van der Waals surface area contributed by atoms with E-state index >= 15 is 0 Å². The molecule has 0 aliphatic rings. The molecule has 0 aliphatic heterocycles. The number of nitrogens with one attached hydrogen (secondary N) is 1. The minimum Gasteiger partial charge on any atom is -0.356 e. The van der Waals surface area contributed by atoms with Gasteiger partial charge >= 0.3 is 0 Å². The van der Waals surface area contributed by atoms with Crippen molar-refractivity contribution >= 4 is 17.5 Å². The Morgan fingerprint density at radius 3 is 2.11 bits per heavy atom.